The fraction of sp³-hybridized carbons (Fsp3) is 0.417. The van der Waals surface area contributed by atoms with Crippen LogP contribution < -0.4 is 5.32 Å². The molecule has 30 heavy (non-hydrogen) atoms. The first-order chi connectivity index (χ1) is 14.5. The molecule has 5 nitrogen and oxygen atoms in total. The molecule has 2 aliphatic rings. The van der Waals surface area contributed by atoms with Crippen molar-refractivity contribution in [3.8, 4) is 0 Å². The number of amides is 3. The van der Waals surface area contributed by atoms with Crippen LogP contribution in [0, 0.1) is 6.92 Å². The Kier molecular flexibility index (Phi) is 6.04. The molecule has 0 saturated carbocycles. The van der Waals surface area contributed by atoms with Crippen LogP contribution in [0.3, 0.4) is 0 Å². The molecule has 2 aromatic rings. The zero-order chi connectivity index (χ0) is 21.1. The number of aryl methyl sites for hydroxylation is 2. The number of hydrogen-bond acceptors (Lipinski definition) is 3. The van der Waals surface area contributed by atoms with Crippen LogP contribution in [-0.4, -0.2) is 52.0 Å². The molecule has 2 heterocycles. The molecule has 1 spiro atoms. The van der Waals surface area contributed by atoms with Crippen molar-refractivity contribution < 1.29 is 9.59 Å². The van der Waals surface area contributed by atoms with E-state index in [4.69, 9.17) is 0 Å². The molecule has 158 valence electrons. The van der Waals surface area contributed by atoms with Gasteiger partial charge in [-0.15, -0.1) is 11.8 Å². The van der Waals surface area contributed by atoms with Crippen LogP contribution in [-0.2, 0) is 6.42 Å². The van der Waals surface area contributed by atoms with Crippen molar-refractivity contribution in [2.24, 2.45) is 0 Å². The van der Waals surface area contributed by atoms with Gasteiger partial charge in [-0.05, 0) is 56.0 Å². The van der Waals surface area contributed by atoms with Gasteiger partial charge in [0.1, 0.15) is 0 Å². The molecule has 0 radical (unpaired) electrons. The van der Waals surface area contributed by atoms with Crippen molar-refractivity contribution in [1.29, 1.82) is 0 Å². The summed E-state index contributed by atoms with van der Waals surface area (Å²) >= 11 is 1.87. The lowest BCUT2D eigenvalue weighted by atomic mass is 10.0. The van der Waals surface area contributed by atoms with Gasteiger partial charge in [0.2, 0.25) is 0 Å². The molecule has 2 fully saturated rings. The lowest BCUT2D eigenvalue weighted by Crippen LogP contribution is -2.54. The topological polar surface area (TPSA) is 52.7 Å². The third kappa shape index (κ3) is 4.19. The predicted octanol–water partition coefficient (Wildman–Crippen LogP) is 4.77. The number of thioether (sulfide) groups is 1. The fourth-order valence-electron chi connectivity index (χ4n) is 4.25. The summed E-state index contributed by atoms with van der Waals surface area (Å²) < 4.78 is 0. The molecule has 0 bridgehead atoms. The lowest BCUT2D eigenvalue weighted by molar-refractivity contribution is 0.0585. The molecule has 0 unspecified atom stereocenters. The number of urea groups is 1. The van der Waals surface area contributed by atoms with Crippen molar-refractivity contribution in [2.45, 2.75) is 38.0 Å². The van der Waals surface area contributed by atoms with E-state index in [0.29, 0.717) is 13.1 Å². The molecular weight excluding hydrogens is 394 g/mol. The summed E-state index contributed by atoms with van der Waals surface area (Å²) in [6, 6.07) is 15.8. The SMILES string of the molecule is CCc1ccc(NC(=O)N2CCC3(CC2)SCCN3C(=O)c2ccc(C)cc2)cc1. The highest BCUT2D eigenvalue weighted by atomic mass is 32.2. The number of likely N-dealkylation sites (tertiary alicyclic amines) is 1. The number of rotatable bonds is 3. The first-order valence-corrected chi connectivity index (χ1v) is 11.7. The van der Waals surface area contributed by atoms with E-state index >= 15 is 0 Å². The van der Waals surface area contributed by atoms with E-state index in [-0.39, 0.29) is 16.8 Å². The Labute approximate surface area is 182 Å². The largest absolute Gasteiger partial charge is 0.324 e. The van der Waals surface area contributed by atoms with Gasteiger partial charge in [-0.25, -0.2) is 4.79 Å². The Balaban J connectivity index is 1.38. The van der Waals surface area contributed by atoms with Crippen molar-refractivity contribution >= 4 is 29.4 Å². The van der Waals surface area contributed by atoms with E-state index in [0.717, 1.165) is 48.4 Å². The molecule has 3 amide bonds. The quantitative estimate of drug-likeness (QED) is 0.774. The molecule has 0 atom stereocenters. The summed E-state index contributed by atoms with van der Waals surface area (Å²) in [5.41, 5.74) is 3.98. The van der Waals surface area contributed by atoms with Crippen LogP contribution in [0.15, 0.2) is 48.5 Å². The molecule has 0 aliphatic carbocycles. The van der Waals surface area contributed by atoms with Gasteiger partial charge in [0, 0.05) is 36.6 Å². The van der Waals surface area contributed by atoms with E-state index in [2.05, 4.69) is 12.2 Å². The van der Waals surface area contributed by atoms with Crippen LogP contribution in [0.5, 0.6) is 0 Å². The van der Waals surface area contributed by atoms with Crippen LogP contribution in [0.1, 0.15) is 41.3 Å². The fourth-order valence-corrected chi connectivity index (χ4v) is 5.70. The number of carbonyl (C=O) groups is 2. The van der Waals surface area contributed by atoms with Gasteiger partial charge in [0.05, 0.1) is 4.87 Å². The molecule has 6 heteroatoms. The number of benzene rings is 2. The molecule has 4 rings (SSSR count). The number of carbonyl (C=O) groups excluding carboxylic acids is 2. The Morgan fingerprint density at radius 1 is 1.00 bits per heavy atom. The number of nitrogens with one attached hydrogen (secondary N) is 1. The first kappa shape index (κ1) is 20.8. The minimum absolute atomic E-state index is 0.0616. The normalized spacial score (nSPS) is 17.9. The van der Waals surface area contributed by atoms with Crippen LogP contribution in [0.25, 0.3) is 0 Å². The van der Waals surface area contributed by atoms with Crippen LogP contribution in [0.4, 0.5) is 10.5 Å². The summed E-state index contributed by atoms with van der Waals surface area (Å²) in [4.78, 5) is 29.6. The Bertz CT molecular complexity index is 903. The predicted molar refractivity (Wildman–Crippen MR) is 123 cm³/mol. The van der Waals surface area contributed by atoms with Gasteiger partial charge in [0.25, 0.3) is 5.91 Å². The average molecular weight is 424 g/mol. The summed E-state index contributed by atoms with van der Waals surface area (Å²) in [5.74, 6) is 1.06. The third-order valence-electron chi connectivity index (χ3n) is 6.17. The standard InChI is InChI=1S/C24H29N3O2S/c1-3-19-6-10-21(11-7-19)25-23(29)26-14-12-24(13-15-26)27(16-17-30-24)22(28)20-8-4-18(2)5-9-20/h4-11H,3,12-17H2,1-2H3,(H,25,29). The molecule has 0 aromatic heterocycles. The van der Waals surface area contributed by atoms with Crippen LogP contribution >= 0.6 is 11.8 Å². The lowest BCUT2D eigenvalue weighted by Gasteiger charge is -2.44. The molecule has 2 aliphatic heterocycles. The second-order valence-electron chi connectivity index (χ2n) is 8.09. The summed E-state index contributed by atoms with van der Waals surface area (Å²) in [7, 11) is 0. The van der Waals surface area contributed by atoms with E-state index in [1.165, 1.54) is 5.56 Å². The Morgan fingerprint density at radius 2 is 1.67 bits per heavy atom. The highest BCUT2D eigenvalue weighted by Gasteiger charge is 2.47. The Hall–Kier alpha value is -2.47. The molecular formula is C24H29N3O2S. The summed E-state index contributed by atoms with van der Waals surface area (Å²) in [6.07, 6.45) is 2.59. The number of piperidine rings is 1. The Morgan fingerprint density at radius 3 is 2.30 bits per heavy atom. The number of nitrogens with zero attached hydrogens (tertiary/aromatic N) is 2. The second-order valence-corrected chi connectivity index (χ2v) is 9.54. The zero-order valence-corrected chi connectivity index (χ0v) is 18.5. The maximum absolute atomic E-state index is 13.2. The van der Waals surface area contributed by atoms with Gasteiger partial charge < -0.3 is 15.1 Å². The minimum Gasteiger partial charge on any atom is -0.324 e. The van der Waals surface area contributed by atoms with Gasteiger partial charge in [-0.3, -0.25) is 4.79 Å². The van der Waals surface area contributed by atoms with Crippen molar-refractivity contribution in [3.05, 3.63) is 65.2 Å². The maximum atomic E-state index is 13.2. The van der Waals surface area contributed by atoms with Crippen molar-refractivity contribution in [1.82, 2.24) is 9.80 Å². The maximum Gasteiger partial charge on any atom is 0.321 e. The highest BCUT2D eigenvalue weighted by molar-refractivity contribution is 8.00. The van der Waals surface area contributed by atoms with Gasteiger partial charge in [-0.2, -0.15) is 0 Å². The van der Waals surface area contributed by atoms with E-state index in [1.54, 1.807) is 0 Å². The number of anilines is 1. The van der Waals surface area contributed by atoms with E-state index < -0.39 is 0 Å². The van der Waals surface area contributed by atoms with E-state index in [9.17, 15) is 9.59 Å². The van der Waals surface area contributed by atoms with Crippen LogP contribution in [0.2, 0.25) is 0 Å². The zero-order valence-electron chi connectivity index (χ0n) is 17.7. The minimum atomic E-state index is -0.193. The monoisotopic (exact) mass is 423 g/mol. The number of hydrogen-bond donors (Lipinski definition) is 1. The van der Waals surface area contributed by atoms with Gasteiger partial charge in [-0.1, -0.05) is 36.8 Å². The highest BCUT2D eigenvalue weighted by Crippen LogP contribution is 2.44. The smallest absolute Gasteiger partial charge is 0.321 e. The molecule has 2 saturated heterocycles. The summed E-state index contributed by atoms with van der Waals surface area (Å²) in [5, 5.41) is 3.01. The van der Waals surface area contributed by atoms with E-state index in [1.807, 2.05) is 77.0 Å². The first-order valence-electron chi connectivity index (χ1n) is 10.7. The summed E-state index contributed by atoms with van der Waals surface area (Å²) in [6.45, 7) is 6.23. The average Bonchev–Trinajstić information content (AvgIpc) is 3.17. The second kappa shape index (κ2) is 8.72. The van der Waals surface area contributed by atoms with Crippen molar-refractivity contribution in [3.63, 3.8) is 0 Å². The van der Waals surface area contributed by atoms with Gasteiger partial charge >= 0.3 is 6.03 Å². The third-order valence-corrected chi connectivity index (χ3v) is 7.72. The van der Waals surface area contributed by atoms with Gasteiger partial charge in [0.15, 0.2) is 0 Å². The van der Waals surface area contributed by atoms with Crippen molar-refractivity contribution in [2.75, 3.05) is 30.7 Å². The molecule has 1 N–H and O–H groups in total. The molecule has 2 aromatic carbocycles.